The molecule has 2 fully saturated rings. The largest absolute Gasteiger partial charge is 0.357 e. The van der Waals surface area contributed by atoms with Crippen LogP contribution >= 0.6 is 0 Å². The van der Waals surface area contributed by atoms with Crippen LogP contribution in [-0.4, -0.2) is 37.5 Å². The van der Waals surface area contributed by atoms with E-state index in [9.17, 15) is 4.79 Å². The normalized spacial score (nSPS) is 29.8. The third-order valence-electron chi connectivity index (χ3n) is 4.80. The Morgan fingerprint density at radius 2 is 2.23 bits per heavy atom. The molecule has 0 aromatic rings. The predicted octanol–water partition coefficient (Wildman–Crippen LogP) is 2.04. The molecule has 1 aliphatic carbocycles. The Labute approximate surface area is 134 Å². The second kappa shape index (κ2) is 9.01. The van der Waals surface area contributed by atoms with Gasteiger partial charge >= 0.3 is 0 Å². The molecule has 3 N–H and O–H groups in total. The van der Waals surface area contributed by atoms with Crippen LogP contribution in [0.5, 0.6) is 0 Å². The smallest absolute Gasteiger partial charge is 0.220 e. The Balaban J connectivity index is 1.75. The lowest BCUT2D eigenvalue weighted by molar-refractivity contribution is -0.122. The first-order chi connectivity index (χ1) is 10.7. The number of carbonyl (C=O) groups is 1. The molecule has 1 amide bonds. The molecule has 22 heavy (non-hydrogen) atoms. The van der Waals surface area contributed by atoms with Gasteiger partial charge in [-0.3, -0.25) is 9.79 Å². The van der Waals surface area contributed by atoms with Gasteiger partial charge in [-0.05, 0) is 38.0 Å². The van der Waals surface area contributed by atoms with Crippen molar-refractivity contribution in [3.05, 3.63) is 0 Å². The van der Waals surface area contributed by atoms with Crippen LogP contribution in [0, 0.1) is 11.8 Å². The maximum atomic E-state index is 11.2. The summed E-state index contributed by atoms with van der Waals surface area (Å²) in [5, 5.41) is 9.67. The molecule has 126 valence electrons. The number of nitrogens with zero attached hydrogens (tertiary/aromatic N) is 1. The highest BCUT2D eigenvalue weighted by molar-refractivity contribution is 5.81. The third kappa shape index (κ3) is 5.85. The zero-order valence-corrected chi connectivity index (χ0v) is 14.2. The monoisotopic (exact) mass is 308 g/mol. The van der Waals surface area contributed by atoms with Gasteiger partial charge in [-0.25, -0.2) is 0 Å². The van der Waals surface area contributed by atoms with E-state index in [4.69, 9.17) is 4.99 Å². The van der Waals surface area contributed by atoms with Crippen molar-refractivity contribution in [2.45, 2.75) is 64.8 Å². The average Bonchev–Trinajstić information content (AvgIpc) is 2.50. The highest BCUT2D eigenvalue weighted by atomic mass is 16.1. The second-order valence-corrected chi connectivity index (χ2v) is 6.87. The lowest BCUT2D eigenvalue weighted by atomic mass is 9.81. The van der Waals surface area contributed by atoms with Gasteiger partial charge in [-0.1, -0.05) is 26.2 Å². The molecule has 1 heterocycles. The minimum atomic E-state index is 0.159. The fraction of sp³-hybridized carbons (Fsp3) is 0.882. The first-order valence-electron chi connectivity index (χ1n) is 8.99. The van der Waals surface area contributed by atoms with E-state index in [1.165, 1.54) is 32.1 Å². The maximum Gasteiger partial charge on any atom is 0.220 e. The van der Waals surface area contributed by atoms with Crippen LogP contribution in [-0.2, 0) is 4.79 Å². The van der Waals surface area contributed by atoms with Crippen molar-refractivity contribution in [2.24, 2.45) is 16.8 Å². The summed E-state index contributed by atoms with van der Waals surface area (Å²) in [7, 11) is 0. The number of rotatable bonds is 5. The average molecular weight is 308 g/mol. The van der Waals surface area contributed by atoms with Crippen LogP contribution in [0.15, 0.2) is 4.99 Å². The molecular formula is C17H32N4O. The van der Waals surface area contributed by atoms with Gasteiger partial charge in [0.05, 0.1) is 0 Å². The zero-order chi connectivity index (χ0) is 15.8. The molecule has 3 atom stereocenters. The van der Waals surface area contributed by atoms with Crippen LogP contribution < -0.4 is 16.0 Å². The molecule has 0 bridgehead atoms. The molecule has 0 spiro atoms. The van der Waals surface area contributed by atoms with Crippen LogP contribution in [0.25, 0.3) is 0 Å². The summed E-state index contributed by atoms with van der Waals surface area (Å²) < 4.78 is 0. The summed E-state index contributed by atoms with van der Waals surface area (Å²) in [4.78, 5) is 15.9. The third-order valence-corrected chi connectivity index (χ3v) is 4.80. The standard InChI is InChI=1S/C17H32N4O/c1-3-18-17(21-15-7-8-16(22)20-12-15)19-10-9-14-6-4-5-13(2)11-14/h13-15H,3-12H2,1-2H3,(H,20,22)(H2,18,19,21). The zero-order valence-electron chi connectivity index (χ0n) is 14.2. The van der Waals surface area contributed by atoms with Crippen molar-refractivity contribution in [3.8, 4) is 0 Å². The van der Waals surface area contributed by atoms with E-state index in [0.29, 0.717) is 19.0 Å². The van der Waals surface area contributed by atoms with Gasteiger partial charge in [0.25, 0.3) is 0 Å². The molecule has 1 saturated carbocycles. The van der Waals surface area contributed by atoms with Gasteiger partial charge in [-0.15, -0.1) is 0 Å². The summed E-state index contributed by atoms with van der Waals surface area (Å²) >= 11 is 0. The van der Waals surface area contributed by atoms with Gasteiger partial charge in [-0.2, -0.15) is 0 Å². The number of hydrogen-bond donors (Lipinski definition) is 3. The van der Waals surface area contributed by atoms with Crippen molar-refractivity contribution in [1.29, 1.82) is 0 Å². The van der Waals surface area contributed by atoms with Crippen LogP contribution in [0.4, 0.5) is 0 Å². The minimum Gasteiger partial charge on any atom is -0.357 e. The summed E-state index contributed by atoms with van der Waals surface area (Å²) in [6.45, 7) is 6.92. The highest BCUT2D eigenvalue weighted by Gasteiger charge is 2.20. The first kappa shape index (κ1) is 17.1. The number of aliphatic imine (C=N–C) groups is 1. The van der Waals surface area contributed by atoms with Crippen LogP contribution in [0.3, 0.4) is 0 Å². The van der Waals surface area contributed by atoms with Gasteiger partial charge < -0.3 is 16.0 Å². The van der Waals surface area contributed by atoms with Crippen molar-refractivity contribution >= 4 is 11.9 Å². The van der Waals surface area contributed by atoms with E-state index in [2.05, 4.69) is 29.8 Å². The Hall–Kier alpha value is -1.26. The van der Waals surface area contributed by atoms with Crippen molar-refractivity contribution in [2.75, 3.05) is 19.6 Å². The Morgan fingerprint density at radius 3 is 2.91 bits per heavy atom. The lowest BCUT2D eigenvalue weighted by Gasteiger charge is -2.27. The number of carbonyl (C=O) groups excluding carboxylic acids is 1. The fourth-order valence-corrected chi connectivity index (χ4v) is 3.55. The van der Waals surface area contributed by atoms with E-state index in [-0.39, 0.29) is 5.91 Å². The van der Waals surface area contributed by atoms with Gasteiger partial charge in [0.15, 0.2) is 5.96 Å². The number of piperidine rings is 1. The SMILES string of the molecule is CCNC(=NCCC1CCCC(C)C1)NC1CCC(=O)NC1. The summed E-state index contributed by atoms with van der Waals surface area (Å²) in [5.41, 5.74) is 0. The van der Waals surface area contributed by atoms with E-state index < -0.39 is 0 Å². The molecule has 1 saturated heterocycles. The maximum absolute atomic E-state index is 11.2. The summed E-state index contributed by atoms with van der Waals surface area (Å²) in [6, 6.07) is 0.296. The second-order valence-electron chi connectivity index (χ2n) is 6.87. The van der Waals surface area contributed by atoms with Gasteiger partial charge in [0, 0.05) is 32.1 Å². The molecule has 3 unspecified atom stereocenters. The molecular weight excluding hydrogens is 276 g/mol. The van der Waals surface area contributed by atoms with E-state index in [0.717, 1.165) is 37.3 Å². The lowest BCUT2D eigenvalue weighted by Crippen LogP contribution is -2.51. The fourth-order valence-electron chi connectivity index (χ4n) is 3.55. The van der Waals surface area contributed by atoms with Crippen LogP contribution in [0.1, 0.15) is 58.8 Å². The molecule has 1 aliphatic heterocycles. The molecule has 0 aromatic heterocycles. The molecule has 5 nitrogen and oxygen atoms in total. The Morgan fingerprint density at radius 1 is 1.36 bits per heavy atom. The van der Waals surface area contributed by atoms with Crippen molar-refractivity contribution in [3.63, 3.8) is 0 Å². The van der Waals surface area contributed by atoms with E-state index in [1.54, 1.807) is 0 Å². The first-order valence-corrected chi connectivity index (χ1v) is 8.99. The van der Waals surface area contributed by atoms with Crippen molar-refractivity contribution < 1.29 is 4.79 Å². The van der Waals surface area contributed by atoms with Gasteiger partial charge in [0.1, 0.15) is 0 Å². The number of hydrogen-bond acceptors (Lipinski definition) is 2. The molecule has 0 radical (unpaired) electrons. The molecule has 0 aromatic carbocycles. The van der Waals surface area contributed by atoms with Crippen LogP contribution in [0.2, 0.25) is 0 Å². The highest BCUT2D eigenvalue weighted by Crippen LogP contribution is 2.30. The quantitative estimate of drug-likeness (QED) is 0.538. The number of amides is 1. The number of guanidine groups is 1. The minimum absolute atomic E-state index is 0.159. The summed E-state index contributed by atoms with van der Waals surface area (Å²) in [5.74, 6) is 2.79. The van der Waals surface area contributed by atoms with Crippen molar-refractivity contribution in [1.82, 2.24) is 16.0 Å². The predicted molar refractivity (Wildman–Crippen MR) is 90.9 cm³/mol. The number of nitrogens with one attached hydrogen (secondary N) is 3. The van der Waals surface area contributed by atoms with E-state index in [1.807, 2.05) is 0 Å². The molecule has 2 aliphatic rings. The molecule has 2 rings (SSSR count). The summed E-state index contributed by atoms with van der Waals surface area (Å²) in [6.07, 6.45) is 8.22. The topological polar surface area (TPSA) is 65.5 Å². The van der Waals surface area contributed by atoms with E-state index >= 15 is 0 Å². The Bertz CT molecular complexity index is 373. The Kier molecular flexibility index (Phi) is 7.00. The molecule has 5 heteroatoms. The van der Waals surface area contributed by atoms with Gasteiger partial charge in [0.2, 0.25) is 5.91 Å².